The van der Waals surface area contributed by atoms with Crippen molar-refractivity contribution in [2.24, 2.45) is 5.92 Å². The van der Waals surface area contributed by atoms with E-state index in [1.807, 2.05) is 12.2 Å². The van der Waals surface area contributed by atoms with Gasteiger partial charge in [-0.25, -0.2) is 18.0 Å². The van der Waals surface area contributed by atoms with Crippen LogP contribution in [-0.2, 0) is 43.3 Å². The lowest BCUT2D eigenvalue weighted by Crippen LogP contribution is -2.55. The number of sulfone groups is 1. The Balaban J connectivity index is 0.000000303. The molecule has 2 aliphatic rings. The van der Waals surface area contributed by atoms with E-state index in [0.29, 0.717) is 19.4 Å². The van der Waals surface area contributed by atoms with Crippen molar-refractivity contribution in [1.29, 1.82) is 0 Å². The maximum absolute atomic E-state index is 13.1. The van der Waals surface area contributed by atoms with Crippen LogP contribution >= 0.6 is 11.6 Å². The van der Waals surface area contributed by atoms with E-state index in [1.54, 1.807) is 18.7 Å². The number of hydrogen-bond acceptors (Lipinski definition) is 14. The summed E-state index contributed by atoms with van der Waals surface area (Å²) in [5, 5.41) is 46.4. The molecule has 1 saturated carbocycles. The molecule has 1 unspecified atom stereocenters. The number of likely N-dealkylation sites (tertiary alicyclic amines) is 1. The van der Waals surface area contributed by atoms with Crippen molar-refractivity contribution in [3.63, 3.8) is 0 Å². The van der Waals surface area contributed by atoms with Crippen LogP contribution in [0, 0.1) is 11.1 Å². The van der Waals surface area contributed by atoms with Crippen molar-refractivity contribution in [1.82, 2.24) is 20.7 Å². The van der Waals surface area contributed by atoms with Crippen LogP contribution in [-0.4, -0.2) is 113 Å². The molecule has 2 aromatic rings. The van der Waals surface area contributed by atoms with Gasteiger partial charge in [0.25, 0.3) is 9.84 Å². The molecule has 6 atom stereocenters. The fraction of sp³-hybridized carbons (Fsp3) is 0.588. The molecule has 0 bridgehead atoms. The van der Waals surface area contributed by atoms with Gasteiger partial charge in [0.15, 0.2) is 0 Å². The average Bonchev–Trinajstić information content (AvgIpc) is 3.72. The SMILES string of the molecule is CCC[C@H](N[C@@H](C)C(=O)N1C(C(=O)O)C[C@@H]2CCCC[C@@H]21)C(=O)OCC.O=C(O)C[C@H](NC(=O)CCOc1no[n+]([O-])c1S(=O)(=O)c1ccc(Cl)cc1)C(=O)O. The fourth-order valence-electron chi connectivity index (χ4n) is 6.53. The van der Waals surface area contributed by atoms with Crippen molar-refractivity contribution < 1.29 is 71.5 Å². The van der Waals surface area contributed by atoms with E-state index in [0.717, 1.165) is 44.2 Å². The monoisotopic (exact) mass is 831 g/mol. The zero-order chi connectivity index (χ0) is 41.7. The summed E-state index contributed by atoms with van der Waals surface area (Å²) in [4.78, 5) is 71.1. The third-order valence-corrected chi connectivity index (χ3v) is 11.1. The van der Waals surface area contributed by atoms with Crippen molar-refractivity contribution >= 4 is 57.1 Å². The number of esters is 1. The Hall–Kier alpha value is -5.02. The van der Waals surface area contributed by atoms with E-state index in [4.69, 9.17) is 31.3 Å². The molecule has 1 saturated heterocycles. The van der Waals surface area contributed by atoms with Crippen LogP contribution in [0.5, 0.6) is 5.88 Å². The van der Waals surface area contributed by atoms with Gasteiger partial charge < -0.3 is 40.2 Å². The van der Waals surface area contributed by atoms with Gasteiger partial charge in [-0.05, 0) is 74.6 Å². The van der Waals surface area contributed by atoms with E-state index in [-0.39, 0.29) is 38.7 Å². The number of carboxylic acid groups (broad SMARTS) is 3. The Morgan fingerprint density at radius 1 is 1.07 bits per heavy atom. The third-order valence-electron chi connectivity index (χ3n) is 9.10. The Bertz CT molecular complexity index is 1820. The van der Waals surface area contributed by atoms with Crippen molar-refractivity contribution in [3.8, 4) is 5.88 Å². The van der Waals surface area contributed by atoms with E-state index >= 15 is 0 Å². The van der Waals surface area contributed by atoms with Crippen LogP contribution in [0.4, 0.5) is 0 Å². The summed E-state index contributed by atoms with van der Waals surface area (Å²) in [6, 6.07) is 1.29. The minimum atomic E-state index is -4.40. The molecule has 4 rings (SSSR count). The summed E-state index contributed by atoms with van der Waals surface area (Å²) in [6.07, 6.45) is 4.54. The van der Waals surface area contributed by atoms with E-state index in [2.05, 4.69) is 15.1 Å². The lowest BCUT2D eigenvalue weighted by molar-refractivity contribution is -0.832. The van der Waals surface area contributed by atoms with Gasteiger partial charge in [0, 0.05) is 11.1 Å². The maximum Gasteiger partial charge on any atom is 0.414 e. The van der Waals surface area contributed by atoms with E-state index in [1.165, 1.54) is 12.1 Å². The number of carboxylic acids is 3. The number of fused-ring (bicyclic) bond motifs is 1. The Labute approximate surface area is 326 Å². The molecule has 20 nitrogen and oxygen atoms in total. The summed E-state index contributed by atoms with van der Waals surface area (Å²) in [7, 11) is -4.40. The van der Waals surface area contributed by atoms with Gasteiger partial charge in [-0.2, -0.15) is 0 Å². The largest absolute Gasteiger partial charge is 0.481 e. The predicted molar refractivity (Wildman–Crippen MR) is 191 cm³/mol. The van der Waals surface area contributed by atoms with Crippen LogP contribution < -0.4 is 20.3 Å². The van der Waals surface area contributed by atoms with Gasteiger partial charge in [-0.1, -0.05) is 37.8 Å². The van der Waals surface area contributed by atoms with Crippen LogP contribution in [0.15, 0.2) is 38.8 Å². The minimum Gasteiger partial charge on any atom is -0.481 e. The molecule has 5 N–H and O–H groups in total. The molecule has 2 amide bonds. The van der Waals surface area contributed by atoms with Gasteiger partial charge >= 0.3 is 34.8 Å². The highest BCUT2D eigenvalue weighted by Gasteiger charge is 2.48. The zero-order valence-corrected chi connectivity index (χ0v) is 32.5. The number of carbonyl (C=O) groups is 6. The Morgan fingerprint density at radius 2 is 1.73 bits per heavy atom. The molecule has 1 aliphatic heterocycles. The van der Waals surface area contributed by atoms with Gasteiger partial charge in [0.05, 0.1) is 35.5 Å². The Kier molecular flexibility index (Phi) is 16.8. The number of aliphatic carboxylic acids is 3. The molecule has 1 aromatic heterocycles. The summed E-state index contributed by atoms with van der Waals surface area (Å²) < 4.78 is 39.6. The molecule has 0 spiro atoms. The second kappa shape index (κ2) is 20.8. The van der Waals surface area contributed by atoms with E-state index in [9.17, 15) is 47.5 Å². The van der Waals surface area contributed by atoms with Crippen molar-refractivity contribution in [2.75, 3.05) is 13.2 Å². The number of nitrogens with zero attached hydrogens (tertiary/aromatic N) is 3. The number of halogens is 1. The van der Waals surface area contributed by atoms with Crippen LogP contribution in [0.1, 0.15) is 78.6 Å². The third kappa shape index (κ3) is 12.0. The quantitative estimate of drug-likeness (QED) is 0.105. The van der Waals surface area contributed by atoms with Gasteiger partial charge in [0.2, 0.25) is 11.8 Å². The van der Waals surface area contributed by atoms with Gasteiger partial charge in [-0.15, -0.1) is 0 Å². The number of aromatic nitrogens is 2. The summed E-state index contributed by atoms with van der Waals surface area (Å²) in [5.41, 5.74) is 0. The standard InChI is InChI=1S/C19H32N2O5.C15H14ClN3O10S/c1-4-8-14(19(25)26-5-2)20-12(3)17(22)21-15-10-7-6-9-13(15)11-16(21)18(23)24;16-8-1-3-9(4-2-8)30(26,27)14-13(18-29-19(14)25)28-6-5-11(20)17-10(15(23)24)7-12(21)22/h12-16,20H,4-11H2,1-3H3,(H,23,24);1-4,10H,5-7H2,(H,17,20)(H,21,22)(H,23,24)/t12-,13-,14-,15-,16?;10-/m00/s1. The number of nitrogens with one attached hydrogen (secondary N) is 2. The number of ether oxygens (including phenoxy) is 2. The normalized spacial score (nSPS) is 19.3. The lowest BCUT2D eigenvalue weighted by atomic mass is 9.84. The number of benzene rings is 1. The molecular formula is C34H46ClN5O15S. The number of carbonyl (C=O) groups excluding carboxylic acids is 3. The molecule has 310 valence electrons. The highest BCUT2D eigenvalue weighted by atomic mass is 35.5. The molecule has 2 fully saturated rings. The maximum atomic E-state index is 13.1. The molecule has 2 heterocycles. The smallest absolute Gasteiger partial charge is 0.414 e. The van der Waals surface area contributed by atoms with Crippen LogP contribution in [0.25, 0.3) is 0 Å². The van der Waals surface area contributed by atoms with Crippen LogP contribution in [0.2, 0.25) is 5.02 Å². The van der Waals surface area contributed by atoms with Crippen molar-refractivity contribution in [2.45, 2.75) is 119 Å². The molecule has 1 aromatic carbocycles. The van der Waals surface area contributed by atoms with Gasteiger partial charge in [0.1, 0.15) is 24.7 Å². The summed E-state index contributed by atoms with van der Waals surface area (Å²) in [5.74, 6) is -5.83. The topological polar surface area (TPSA) is 296 Å². The van der Waals surface area contributed by atoms with Crippen molar-refractivity contribution in [3.05, 3.63) is 34.5 Å². The van der Waals surface area contributed by atoms with E-state index < -0.39 is 88.2 Å². The molecule has 22 heteroatoms. The first-order chi connectivity index (χ1) is 26.4. The molecular weight excluding hydrogens is 786 g/mol. The summed E-state index contributed by atoms with van der Waals surface area (Å²) in [6.45, 7) is 5.20. The van der Waals surface area contributed by atoms with Crippen LogP contribution in [0.3, 0.4) is 0 Å². The average molecular weight is 832 g/mol. The molecule has 0 radical (unpaired) electrons. The first-order valence-corrected chi connectivity index (χ1v) is 19.7. The zero-order valence-electron chi connectivity index (χ0n) is 30.9. The lowest BCUT2D eigenvalue weighted by Gasteiger charge is -2.35. The summed E-state index contributed by atoms with van der Waals surface area (Å²) >= 11 is 5.71. The Morgan fingerprint density at radius 3 is 2.32 bits per heavy atom. The first-order valence-electron chi connectivity index (χ1n) is 17.9. The predicted octanol–water partition coefficient (Wildman–Crippen LogP) is 1.55. The highest BCUT2D eigenvalue weighted by molar-refractivity contribution is 7.91. The molecule has 56 heavy (non-hydrogen) atoms. The number of rotatable bonds is 18. The molecule has 1 aliphatic carbocycles. The number of hydrogen-bond donors (Lipinski definition) is 5. The van der Waals surface area contributed by atoms with Gasteiger partial charge in [-0.3, -0.25) is 29.1 Å². The number of amides is 2. The second-order valence-electron chi connectivity index (χ2n) is 13.1. The second-order valence-corrected chi connectivity index (χ2v) is 15.4. The minimum absolute atomic E-state index is 0.00817. The first kappa shape index (κ1) is 45.4. The highest BCUT2D eigenvalue weighted by Crippen LogP contribution is 2.40. The fourth-order valence-corrected chi connectivity index (χ4v) is 7.93.